The van der Waals surface area contributed by atoms with E-state index in [9.17, 15) is 0 Å². The van der Waals surface area contributed by atoms with E-state index in [1.54, 1.807) is 0 Å². The minimum Gasteiger partial charge on any atom is -0.380 e. The quantitative estimate of drug-likeness (QED) is 0.832. The molecule has 0 aromatic carbocycles. The van der Waals surface area contributed by atoms with Crippen molar-refractivity contribution in [3.05, 3.63) is 0 Å². The van der Waals surface area contributed by atoms with Crippen molar-refractivity contribution in [1.29, 1.82) is 0 Å². The van der Waals surface area contributed by atoms with E-state index < -0.39 is 0 Å². The number of ether oxygens (including phenoxy) is 1. The molecule has 1 heterocycles. The van der Waals surface area contributed by atoms with Crippen molar-refractivity contribution in [1.82, 2.24) is 10.2 Å². The Kier molecular flexibility index (Phi) is 5.05. The SMILES string of the molecule is CNC1CCC(C(C)C)CC1N1CCC(OC)C1. The van der Waals surface area contributed by atoms with E-state index in [1.807, 2.05) is 7.11 Å². The molecule has 0 spiro atoms. The summed E-state index contributed by atoms with van der Waals surface area (Å²) in [5, 5.41) is 3.54. The topological polar surface area (TPSA) is 24.5 Å². The minimum absolute atomic E-state index is 0.460. The minimum atomic E-state index is 0.460. The Labute approximate surface area is 112 Å². The van der Waals surface area contributed by atoms with Crippen molar-refractivity contribution < 1.29 is 4.74 Å². The lowest BCUT2D eigenvalue weighted by Gasteiger charge is -2.42. The average Bonchev–Trinajstić information content (AvgIpc) is 2.86. The summed E-state index contributed by atoms with van der Waals surface area (Å²) in [6.45, 7) is 7.10. The van der Waals surface area contributed by atoms with Gasteiger partial charge in [-0.2, -0.15) is 0 Å². The number of hydrogen-bond donors (Lipinski definition) is 1. The maximum absolute atomic E-state index is 5.51. The van der Waals surface area contributed by atoms with Gasteiger partial charge >= 0.3 is 0 Å². The number of nitrogens with zero attached hydrogens (tertiary/aromatic N) is 1. The molecule has 0 bridgehead atoms. The van der Waals surface area contributed by atoms with E-state index in [1.165, 1.54) is 32.2 Å². The van der Waals surface area contributed by atoms with Gasteiger partial charge in [-0.25, -0.2) is 0 Å². The number of rotatable bonds is 4. The number of hydrogen-bond acceptors (Lipinski definition) is 3. The van der Waals surface area contributed by atoms with Gasteiger partial charge in [-0.1, -0.05) is 13.8 Å². The molecule has 0 aromatic heterocycles. The summed E-state index contributed by atoms with van der Waals surface area (Å²) in [5.41, 5.74) is 0. The number of likely N-dealkylation sites (N-methyl/N-ethyl adjacent to an activating group) is 1. The van der Waals surface area contributed by atoms with E-state index in [0.717, 1.165) is 24.4 Å². The van der Waals surface area contributed by atoms with Gasteiger partial charge in [0.05, 0.1) is 6.10 Å². The fraction of sp³-hybridized carbons (Fsp3) is 1.00. The Balaban J connectivity index is 1.98. The van der Waals surface area contributed by atoms with Gasteiger partial charge in [0.15, 0.2) is 0 Å². The molecule has 3 heteroatoms. The number of methoxy groups -OCH3 is 1. The maximum Gasteiger partial charge on any atom is 0.0710 e. The third-order valence-electron chi connectivity index (χ3n) is 5.15. The van der Waals surface area contributed by atoms with E-state index >= 15 is 0 Å². The molecule has 2 aliphatic rings. The highest BCUT2D eigenvalue weighted by Crippen LogP contribution is 2.34. The molecule has 1 saturated heterocycles. The molecule has 2 fully saturated rings. The van der Waals surface area contributed by atoms with Crippen LogP contribution in [0.3, 0.4) is 0 Å². The van der Waals surface area contributed by atoms with Crippen LogP contribution in [0.2, 0.25) is 0 Å². The second kappa shape index (κ2) is 6.36. The first-order valence-electron chi connectivity index (χ1n) is 7.59. The van der Waals surface area contributed by atoms with Crippen molar-refractivity contribution in [3.8, 4) is 0 Å². The van der Waals surface area contributed by atoms with Crippen LogP contribution in [-0.4, -0.2) is 50.3 Å². The highest BCUT2D eigenvalue weighted by atomic mass is 16.5. The smallest absolute Gasteiger partial charge is 0.0710 e. The van der Waals surface area contributed by atoms with Crippen molar-refractivity contribution in [2.75, 3.05) is 27.2 Å². The fourth-order valence-corrected chi connectivity index (χ4v) is 3.77. The zero-order valence-electron chi connectivity index (χ0n) is 12.5. The molecule has 0 amide bonds. The third-order valence-corrected chi connectivity index (χ3v) is 5.15. The van der Waals surface area contributed by atoms with Gasteiger partial charge in [0.25, 0.3) is 0 Å². The predicted octanol–water partition coefficient (Wildman–Crippen LogP) is 2.12. The van der Waals surface area contributed by atoms with Crippen LogP contribution < -0.4 is 5.32 Å². The van der Waals surface area contributed by atoms with Crippen LogP contribution >= 0.6 is 0 Å². The summed E-state index contributed by atoms with van der Waals surface area (Å²) >= 11 is 0. The Hall–Kier alpha value is -0.120. The monoisotopic (exact) mass is 254 g/mol. The zero-order chi connectivity index (χ0) is 13.1. The zero-order valence-corrected chi connectivity index (χ0v) is 12.5. The van der Waals surface area contributed by atoms with Gasteiger partial charge < -0.3 is 10.1 Å². The van der Waals surface area contributed by atoms with Gasteiger partial charge in [-0.05, 0) is 44.6 Å². The molecule has 1 aliphatic carbocycles. The van der Waals surface area contributed by atoms with Crippen LogP contribution in [0.5, 0.6) is 0 Å². The maximum atomic E-state index is 5.51. The molecule has 0 radical (unpaired) electrons. The first-order chi connectivity index (χ1) is 8.65. The first-order valence-corrected chi connectivity index (χ1v) is 7.59. The van der Waals surface area contributed by atoms with E-state index in [4.69, 9.17) is 4.74 Å². The average molecular weight is 254 g/mol. The lowest BCUT2D eigenvalue weighted by molar-refractivity contribution is 0.0721. The summed E-state index contributed by atoms with van der Waals surface area (Å²) in [7, 11) is 3.97. The van der Waals surface area contributed by atoms with Gasteiger partial charge in [-0.15, -0.1) is 0 Å². The first kappa shape index (κ1) is 14.3. The van der Waals surface area contributed by atoms with Crippen LogP contribution in [0.25, 0.3) is 0 Å². The van der Waals surface area contributed by atoms with E-state index in [0.29, 0.717) is 12.1 Å². The van der Waals surface area contributed by atoms with Crippen molar-refractivity contribution in [2.24, 2.45) is 11.8 Å². The number of nitrogens with one attached hydrogen (secondary N) is 1. The second-order valence-corrected chi connectivity index (χ2v) is 6.42. The Morgan fingerprint density at radius 3 is 2.56 bits per heavy atom. The Bertz CT molecular complexity index is 257. The van der Waals surface area contributed by atoms with E-state index in [-0.39, 0.29) is 0 Å². The molecule has 18 heavy (non-hydrogen) atoms. The van der Waals surface area contributed by atoms with Crippen LogP contribution in [-0.2, 0) is 4.74 Å². The van der Waals surface area contributed by atoms with Crippen LogP contribution in [0.15, 0.2) is 0 Å². The summed E-state index contributed by atoms with van der Waals surface area (Å²) in [4.78, 5) is 2.67. The molecule has 1 aliphatic heterocycles. The number of likely N-dealkylation sites (tertiary alicyclic amines) is 1. The molecule has 0 aromatic rings. The summed E-state index contributed by atoms with van der Waals surface area (Å²) in [6, 6.07) is 1.40. The third kappa shape index (κ3) is 3.06. The molecule has 2 rings (SSSR count). The predicted molar refractivity (Wildman–Crippen MR) is 75.8 cm³/mol. The van der Waals surface area contributed by atoms with Gasteiger partial charge in [0.1, 0.15) is 0 Å². The Morgan fingerprint density at radius 2 is 2.00 bits per heavy atom. The molecular weight excluding hydrogens is 224 g/mol. The normalized spacial score (nSPS) is 38.5. The summed E-state index contributed by atoms with van der Waals surface area (Å²) < 4.78 is 5.51. The second-order valence-electron chi connectivity index (χ2n) is 6.42. The fourth-order valence-electron chi connectivity index (χ4n) is 3.77. The van der Waals surface area contributed by atoms with Crippen LogP contribution in [0, 0.1) is 11.8 Å². The van der Waals surface area contributed by atoms with Gasteiger partial charge in [0, 0.05) is 32.3 Å². The van der Waals surface area contributed by atoms with Crippen LogP contribution in [0.4, 0.5) is 0 Å². The molecule has 4 atom stereocenters. The van der Waals surface area contributed by atoms with Gasteiger partial charge in [-0.3, -0.25) is 4.90 Å². The lowest BCUT2D eigenvalue weighted by Crippen LogP contribution is -2.52. The molecule has 4 unspecified atom stereocenters. The molecule has 1 saturated carbocycles. The lowest BCUT2D eigenvalue weighted by atomic mass is 9.76. The Morgan fingerprint density at radius 1 is 1.22 bits per heavy atom. The summed E-state index contributed by atoms with van der Waals surface area (Å²) in [5.74, 6) is 1.73. The van der Waals surface area contributed by atoms with E-state index in [2.05, 4.69) is 31.1 Å². The van der Waals surface area contributed by atoms with Crippen molar-refractivity contribution in [2.45, 2.75) is 57.7 Å². The van der Waals surface area contributed by atoms with Gasteiger partial charge in [0.2, 0.25) is 0 Å². The molecule has 1 N–H and O–H groups in total. The van der Waals surface area contributed by atoms with Crippen molar-refractivity contribution in [3.63, 3.8) is 0 Å². The molecule has 106 valence electrons. The van der Waals surface area contributed by atoms with Crippen molar-refractivity contribution >= 4 is 0 Å². The molecule has 3 nitrogen and oxygen atoms in total. The standard InChI is InChI=1S/C15H30N2O/c1-11(2)12-5-6-14(16-3)15(9-12)17-8-7-13(10-17)18-4/h11-16H,5-10H2,1-4H3. The van der Waals surface area contributed by atoms with Crippen LogP contribution in [0.1, 0.15) is 39.5 Å². The highest BCUT2D eigenvalue weighted by Gasteiger charge is 2.37. The largest absolute Gasteiger partial charge is 0.380 e. The summed E-state index contributed by atoms with van der Waals surface area (Å²) in [6.07, 6.45) is 5.75. The molecular formula is C15H30N2O. The highest BCUT2D eigenvalue weighted by molar-refractivity contribution is 4.94.